The first kappa shape index (κ1) is 17.0. The van der Waals surface area contributed by atoms with Crippen molar-refractivity contribution in [2.24, 2.45) is 0 Å². The summed E-state index contributed by atoms with van der Waals surface area (Å²) in [5, 5.41) is 26.2. The second-order valence-electron chi connectivity index (χ2n) is 4.95. The van der Waals surface area contributed by atoms with Crippen molar-refractivity contribution < 1.29 is 34.4 Å². The molecule has 1 saturated heterocycles. The van der Waals surface area contributed by atoms with E-state index in [4.69, 9.17) is 9.84 Å². The van der Waals surface area contributed by atoms with Crippen molar-refractivity contribution in [1.82, 2.24) is 9.55 Å². The number of rotatable bonds is 3. The summed E-state index contributed by atoms with van der Waals surface area (Å²) >= 11 is 0. The highest BCUT2D eigenvalue weighted by Crippen LogP contribution is 2.58. The molecule has 1 aliphatic heterocycles. The zero-order valence-electron chi connectivity index (χ0n) is 11.3. The Morgan fingerprint density at radius 1 is 1.45 bits per heavy atom. The van der Waals surface area contributed by atoms with Gasteiger partial charge in [-0.15, -0.1) is 0 Å². The van der Waals surface area contributed by atoms with Gasteiger partial charge in [0.1, 0.15) is 12.2 Å². The van der Waals surface area contributed by atoms with Crippen molar-refractivity contribution in [2.75, 3.05) is 6.61 Å². The fraction of sp³-hybridized carbons (Fsp3) is 0.600. The van der Waals surface area contributed by atoms with E-state index >= 15 is 0 Å². The Bertz CT molecular complexity index is 737. The molecule has 1 fully saturated rings. The standard InChI is InChI=1S/C10H15N2O9P/c1-4-2-12(9(16)11-7(4)15)8-6(14)10(17,22(18,19)20)5(3-13)21-8/h2,5-6,8,13-14,17H,3H2,1H3,(H,11,15,16)(H2,18,19,20)/t5-,6+,8-,10-/m1/s1. The van der Waals surface area contributed by atoms with Crippen molar-refractivity contribution in [3.8, 4) is 0 Å². The fourth-order valence-electron chi connectivity index (χ4n) is 2.27. The minimum Gasteiger partial charge on any atom is -0.394 e. The van der Waals surface area contributed by atoms with Crippen LogP contribution < -0.4 is 11.2 Å². The van der Waals surface area contributed by atoms with E-state index in [0.717, 1.165) is 6.20 Å². The van der Waals surface area contributed by atoms with E-state index in [9.17, 15) is 34.2 Å². The molecular formula is C10H15N2O9P. The largest absolute Gasteiger partial charge is 0.394 e. The van der Waals surface area contributed by atoms with E-state index in [-0.39, 0.29) is 5.56 Å². The highest BCUT2D eigenvalue weighted by atomic mass is 31.2. The molecule has 0 bridgehead atoms. The van der Waals surface area contributed by atoms with Gasteiger partial charge in [0, 0.05) is 11.8 Å². The van der Waals surface area contributed by atoms with Crippen molar-refractivity contribution in [3.63, 3.8) is 0 Å². The third kappa shape index (κ3) is 2.36. The van der Waals surface area contributed by atoms with Crippen molar-refractivity contribution in [2.45, 2.75) is 30.7 Å². The maximum atomic E-state index is 11.8. The van der Waals surface area contributed by atoms with Crippen LogP contribution >= 0.6 is 7.60 Å². The van der Waals surface area contributed by atoms with Crippen molar-refractivity contribution >= 4 is 7.60 Å². The zero-order valence-corrected chi connectivity index (χ0v) is 12.2. The van der Waals surface area contributed by atoms with E-state index < -0.39 is 49.2 Å². The summed E-state index contributed by atoms with van der Waals surface area (Å²) in [6.45, 7) is 0.348. The Morgan fingerprint density at radius 2 is 2.05 bits per heavy atom. The molecule has 1 aromatic heterocycles. The van der Waals surface area contributed by atoms with Gasteiger partial charge in [-0.25, -0.2) is 4.79 Å². The summed E-state index contributed by atoms with van der Waals surface area (Å²) in [6.07, 6.45) is -4.73. The lowest BCUT2D eigenvalue weighted by atomic mass is 10.1. The van der Waals surface area contributed by atoms with Crippen molar-refractivity contribution in [3.05, 3.63) is 32.6 Å². The molecule has 12 heteroatoms. The van der Waals surface area contributed by atoms with Gasteiger partial charge in [-0.3, -0.25) is 18.9 Å². The number of nitrogens with one attached hydrogen (secondary N) is 1. The molecule has 1 aliphatic rings. The second-order valence-corrected chi connectivity index (χ2v) is 6.75. The Morgan fingerprint density at radius 3 is 2.50 bits per heavy atom. The van der Waals surface area contributed by atoms with Crippen molar-refractivity contribution in [1.29, 1.82) is 0 Å². The van der Waals surface area contributed by atoms with Gasteiger partial charge in [0.15, 0.2) is 6.23 Å². The minimum absolute atomic E-state index is 0.0718. The molecule has 4 atom stereocenters. The Hall–Kier alpha value is -1.33. The van der Waals surface area contributed by atoms with Crippen LogP contribution in [0.15, 0.2) is 15.8 Å². The quantitative estimate of drug-likeness (QED) is 0.312. The van der Waals surface area contributed by atoms with Crippen LogP contribution in [0, 0.1) is 6.92 Å². The molecule has 2 heterocycles. The minimum atomic E-state index is -5.32. The maximum Gasteiger partial charge on any atom is 0.362 e. The summed E-state index contributed by atoms with van der Waals surface area (Å²) in [7, 11) is -5.32. The number of aromatic amines is 1. The van der Waals surface area contributed by atoms with Gasteiger partial charge in [-0.2, -0.15) is 0 Å². The third-order valence-corrected chi connectivity index (χ3v) is 5.02. The van der Waals surface area contributed by atoms with Crippen LogP contribution in [0.25, 0.3) is 0 Å². The van der Waals surface area contributed by atoms with Gasteiger partial charge in [-0.1, -0.05) is 0 Å². The number of nitrogens with zero attached hydrogens (tertiary/aromatic N) is 1. The number of hydrogen-bond donors (Lipinski definition) is 6. The van der Waals surface area contributed by atoms with E-state index in [1.165, 1.54) is 6.92 Å². The van der Waals surface area contributed by atoms with Gasteiger partial charge < -0.3 is 29.8 Å². The number of aliphatic hydroxyl groups is 3. The average Bonchev–Trinajstić information content (AvgIpc) is 2.67. The molecule has 124 valence electrons. The van der Waals surface area contributed by atoms with Crippen LogP contribution in [0.4, 0.5) is 0 Å². The topological polar surface area (TPSA) is 182 Å². The SMILES string of the molecule is Cc1cn([C@@H]2O[C@H](CO)[C@@](O)(P(=O)(O)O)[C@H]2O)c(=O)[nH]c1=O. The molecule has 0 unspecified atom stereocenters. The fourth-order valence-corrected chi connectivity index (χ4v) is 3.26. The average molecular weight is 338 g/mol. The van der Waals surface area contributed by atoms with Gasteiger partial charge in [0.05, 0.1) is 6.61 Å². The highest BCUT2D eigenvalue weighted by molar-refractivity contribution is 7.53. The molecule has 1 aromatic rings. The van der Waals surface area contributed by atoms with E-state index in [1.54, 1.807) is 0 Å². The number of ether oxygens (including phenoxy) is 1. The van der Waals surface area contributed by atoms with Gasteiger partial charge in [0.2, 0.25) is 5.34 Å². The second kappa shape index (κ2) is 5.39. The van der Waals surface area contributed by atoms with Crippen LogP contribution in [0.3, 0.4) is 0 Å². The first-order valence-corrected chi connectivity index (χ1v) is 7.69. The Kier molecular flexibility index (Phi) is 4.17. The summed E-state index contributed by atoms with van der Waals surface area (Å²) < 4.78 is 17.2. The molecule has 2 rings (SSSR count). The van der Waals surface area contributed by atoms with Crippen LogP contribution in [-0.4, -0.2) is 58.8 Å². The lowest BCUT2D eigenvalue weighted by molar-refractivity contribution is -0.0615. The number of H-pyrrole nitrogens is 1. The molecule has 0 saturated carbocycles. The van der Waals surface area contributed by atoms with Crippen LogP contribution in [0.1, 0.15) is 11.8 Å². The normalized spacial score (nSPS) is 32.4. The van der Waals surface area contributed by atoms with E-state index in [2.05, 4.69) is 0 Å². The van der Waals surface area contributed by atoms with Crippen LogP contribution in [0.2, 0.25) is 0 Å². The number of aromatic nitrogens is 2. The molecule has 22 heavy (non-hydrogen) atoms. The molecule has 11 nitrogen and oxygen atoms in total. The first-order chi connectivity index (χ1) is 10.0. The molecular weight excluding hydrogens is 323 g/mol. The summed E-state index contributed by atoms with van der Waals surface area (Å²) in [5.74, 6) is 0. The Balaban J connectivity index is 2.57. The van der Waals surface area contributed by atoms with Gasteiger partial charge >= 0.3 is 13.3 Å². The molecule has 0 spiro atoms. The number of aryl methyl sites for hydroxylation is 1. The maximum absolute atomic E-state index is 11.8. The summed E-state index contributed by atoms with van der Waals surface area (Å²) in [4.78, 5) is 43.5. The predicted molar refractivity (Wildman–Crippen MR) is 70.1 cm³/mol. The molecule has 0 amide bonds. The lowest BCUT2D eigenvalue weighted by Crippen LogP contribution is -2.49. The van der Waals surface area contributed by atoms with Gasteiger partial charge in [0.25, 0.3) is 5.56 Å². The highest BCUT2D eigenvalue weighted by Gasteiger charge is 2.65. The van der Waals surface area contributed by atoms with Crippen LogP contribution in [-0.2, 0) is 9.30 Å². The van der Waals surface area contributed by atoms with Crippen LogP contribution in [0.5, 0.6) is 0 Å². The zero-order chi connectivity index (χ0) is 16.9. The molecule has 0 radical (unpaired) electrons. The summed E-state index contributed by atoms with van der Waals surface area (Å²) in [6, 6.07) is 0. The Labute approximate surface area is 122 Å². The third-order valence-electron chi connectivity index (χ3n) is 3.54. The molecule has 6 N–H and O–H groups in total. The summed E-state index contributed by atoms with van der Waals surface area (Å²) in [5.41, 5.74) is -1.62. The smallest absolute Gasteiger partial charge is 0.362 e. The first-order valence-electron chi connectivity index (χ1n) is 6.08. The predicted octanol–water partition coefficient (Wildman–Crippen LogP) is -3.04. The molecule has 0 aromatic carbocycles. The number of aliphatic hydroxyl groups excluding tert-OH is 2. The van der Waals surface area contributed by atoms with E-state index in [0.29, 0.717) is 4.57 Å². The van der Waals surface area contributed by atoms with E-state index in [1.807, 2.05) is 4.98 Å². The van der Waals surface area contributed by atoms with Gasteiger partial charge in [-0.05, 0) is 6.92 Å². The monoisotopic (exact) mass is 338 g/mol. The lowest BCUT2D eigenvalue weighted by Gasteiger charge is -2.30. The number of hydrogen-bond acceptors (Lipinski definition) is 7. The molecule has 0 aliphatic carbocycles.